The van der Waals surface area contributed by atoms with E-state index in [4.69, 9.17) is 0 Å². The third-order valence-corrected chi connectivity index (χ3v) is 3.46. The van der Waals surface area contributed by atoms with Crippen molar-refractivity contribution in [3.63, 3.8) is 0 Å². The quantitative estimate of drug-likeness (QED) is 0.712. The van der Waals surface area contributed by atoms with Crippen LogP contribution in [0.3, 0.4) is 0 Å². The lowest BCUT2D eigenvalue weighted by Gasteiger charge is -2.26. The van der Waals surface area contributed by atoms with Crippen molar-refractivity contribution in [3.8, 4) is 0 Å². The summed E-state index contributed by atoms with van der Waals surface area (Å²) >= 11 is 3.42. The van der Waals surface area contributed by atoms with E-state index in [2.05, 4.69) is 43.6 Å². The number of nitrogens with zero attached hydrogens (tertiary/aromatic N) is 1. The smallest absolute Gasteiger partial charge is 0.253 e. The zero-order valence-corrected chi connectivity index (χ0v) is 13.9. The summed E-state index contributed by atoms with van der Waals surface area (Å²) in [6.07, 6.45) is 0. The maximum absolute atomic E-state index is 12.5. The number of alkyl halides is 1. The summed E-state index contributed by atoms with van der Waals surface area (Å²) in [4.78, 5) is 14.5. The molecule has 0 fully saturated rings. The number of halogens is 1. The number of hydrogen-bond acceptors (Lipinski definition) is 1. The highest BCUT2D eigenvalue weighted by molar-refractivity contribution is 9.08. The number of carbonyl (C=O) groups excluding carboxylic acids is 1. The van der Waals surface area contributed by atoms with Crippen LogP contribution in [0.4, 0.5) is 0 Å². The van der Waals surface area contributed by atoms with E-state index < -0.39 is 0 Å². The van der Waals surface area contributed by atoms with Crippen LogP contribution in [0.25, 0.3) is 0 Å². The predicted octanol–water partition coefficient (Wildman–Crippen LogP) is 4.34. The Hall–Kier alpha value is -0.830. The van der Waals surface area contributed by atoms with E-state index in [-0.39, 0.29) is 5.91 Å². The van der Waals surface area contributed by atoms with Crippen molar-refractivity contribution in [2.45, 2.75) is 33.0 Å². The van der Waals surface area contributed by atoms with Crippen molar-refractivity contribution in [1.29, 1.82) is 0 Å². The van der Waals surface area contributed by atoms with Gasteiger partial charge in [0.1, 0.15) is 0 Å². The zero-order chi connectivity index (χ0) is 14.4. The third kappa shape index (κ3) is 5.35. The molecule has 2 nitrogen and oxygen atoms in total. The topological polar surface area (TPSA) is 20.3 Å². The molecule has 0 aromatic heterocycles. The molecule has 0 aliphatic carbocycles. The van der Waals surface area contributed by atoms with Gasteiger partial charge in [-0.2, -0.15) is 0 Å². The Morgan fingerprint density at radius 1 is 1.05 bits per heavy atom. The molecule has 3 heteroatoms. The van der Waals surface area contributed by atoms with Crippen LogP contribution < -0.4 is 0 Å². The predicted molar refractivity (Wildman–Crippen MR) is 84.7 cm³/mol. The second kappa shape index (κ2) is 7.68. The second-order valence-electron chi connectivity index (χ2n) is 5.83. The van der Waals surface area contributed by atoms with Gasteiger partial charge in [0.25, 0.3) is 5.91 Å². The highest BCUT2D eigenvalue weighted by Gasteiger charge is 2.17. The summed E-state index contributed by atoms with van der Waals surface area (Å²) in [5.74, 6) is 1.12. The molecule has 0 unspecified atom stereocenters. The minimum absolute atomic E-state index is 0.142. The monoisotopic (exact) mass is 325 g/mol. The fourth-order valence-corrected chi connectivity index (χ4v) is 2.41. The van der Waals surface area contributed by atoms with E-state index >= 15 is 0 Å². The SMILES string of the molecule is CC(C)CN(CC(C)C)C(=O)c1ccc(CBr)cc1. The number of amides is 1. The summed E-state index contributed by atoms with van der Waals surface area (Å²) in [7, 11) is 0. The maximum Gasteiger partial charge on any atom is 0.253 e. The van der Waals surface area contributed by atoms with E-state index in [0.717, 1.165) is 24.0 Å². The molecule has 0 bridgehead atoms. The summed E-state index contributed by atoms with van der Waals surface area (Å²) in [5, 5.41) is 0.823. The molecule has 106 valence electrons. The molecule has 0 spiro atoms. The normalized spacial score (nSPS) is 11.1. The zero-order valence-electron chi connectivity index (χ0n) is 12.3. The first kappa shape index (κ1) is 16.2. The lowest BCUT2D eigenvalue weighted by Crippen LogP contribution is -2.37. The molecule has 1 aromatic rings. The van der Waals surface area contributed by atoms with Crippen LogP contribution in [0.1, 0.15) is 43.6 Å². The van der Waals surface area contributed by atoms with Gasteiger partial charge in [-0.3, -0.25) is 4.79 Å². The molecule has 0 saturated heterocycles. The van der Waals surface area contributed by atoms with E-state index in [1.165, 1.54) is 5.56 Å². The fraction of sp³-hybridized carbons (Fsp3) is 0.562. The van der Waals surface area contributed by atoms with Crippen molar-refractivity contribution >= 4 is 21.8 Å². The van der Waals surface area contributed by atoms with Gasteiger partial charge in [-0.1, -0.05) is 55.8 Å². The van der Waals surface area contributed by atoms with Gasteiger partial charge >= 0.3 is 0 Å². The Balaban J connectivity index is 2.84. The first-order chi connectivity index (χ1) is 8.93. The molecule has 0 N–H and O–H groups in total. The van der Waals surface area contributed by atoms with Gasteiger partial charge in [-0.05, 0) is 29.5 Å². The van der Waals surface area contributed by atoms with Crippen molar-refractivity contribution in [2.75, 3.05) is 13.1 Å². The van der Waals surface area contributed by atoms with E-state index in [1.807, 2.05) is 29.2 Å². The Labute approximate surface area is 125 Å². The minimum Gasteiger partial charge on any atom is -0.338 e. The average Bonchev–Trinajstić information content (AvgIpc) is 2.36. The largest absolute Gasteiger partial charge is 0.338 e. The molecule has 0 radical (unpaired) electrons. The lowest BCUT2D eigenvalue weighted by atomic mass is 10.1. The highest BCUT2D eigenvalue weighted by Crippen LogP contribution is 2.13. The van der Waals surface area contributed by atoms with Gasteiger partial charge in [0.2, 0.25) is 0 Å². The molecule has 0 aliphatic rings. The molecule has 1 aromatic carbocycles. The highest BCUT2D eigenvalue weighted by atomic mass is 79.9. The van der Waals surface area contributed by atoms with Crippen LogP contribution in [0, 0.1) is 11.8 Å². The maximum atomic E-state index is 12.5. The summed E-state index contributed by atoms with van der Waals surface area (Å²) in [6, 6.07) is 7.86. The van der Waals surface area contributed by atoms with Gasteiger partial charge in [-0.15, -0.1) is 0 Å². The van der Waals surface area contributed by atoms with Gasteiger partial charge in [-0.25, -0.2) is 0 Å². The van der Waals surface area contributed by atoms with Crippen molar-refractivity contribution < 1.29 is 4.79 Å². The number of benzene rings is 1. The molecular formula is C16H24BrNO. The minimum atomic E-state index is 0.142. The Morgan fingerprint density at radius 2 is 1.53 bits per heavy atom. The lowest BCUT2D eigenvalue weighted by molar-refractivity contribution is 0.0715. The number of rotatable bonds is 6. The second-order valence-corrected chi connectivity index (χ2v) is 6.39. The molecule has 0 saturated carbocycles. The van der Waals surface area contributed by atoms with Gasteiger partial charge in [0.15, 0.2) is 0 Å². The third-order valence-electron chi connectivity index (χ3n) is 2.81. The van der Waals surface area contributed by atoms with Crippen LogP contribution in [-0.4, -0.2) is 23.9 Å². The van der Waals surface area contributed by atoms with Crippen molar-refractivity contribution in [2.24, 2.45) is 11.8 Å². The first-order valence-electron chi connectivity index (χ1n) is 6.88. The standard InChI is InChI=1S/C16H24BrNO/c1-12(2)10-18(11-13(3)4)16(19)15-7-5-14(9-17)6-8-15/h5-8,12-13H,9-11H2,1-4H3. The number of hydrogen-bond donors (Lipinski definition) is 0. The van der Waals surface area contributed by atoms with Crippen LogP contribution >= 0.6 is 15.9 Å². The molecule has 1 rings (SSSR count). The summed E-state index contributed by atoms with van der Waals surface area (Å²) < 4.78 is 0. The van der Waals surface area contributed by atoms with E-state index in [0.29, 0.717) is 11.8 Å². The van der Waals surface area contributed by atoms with E-state index in [1.54, 1.807) is 0 Å². The summed E-state index contributed by atoms with van der Waals surface area (Å²) in [5.41, 5.74) is 1.97. The number of carbonyl (C=O) groups is 1. The molecule has 0 heterocycles. The van der Waals surface area contributed by atoms with Gasteiger partial charge < -0.3 is 4.90 Å². The Bertz CT molecular complexity index is 388. The Kier molecular flexibility index (Phi) is 6.56. The van der Waals surface area contributed by atoms with E-state index in [9.17, 15) is 4.79 Å². The summed E-state index contributed by atoms with van der Waals surface area (Å²) in [6.45, 7) is 10.2. The molecule has 0 aliphatic heterocycles. The van der Waals surface area contributed by atoms with Crippen molar-refractivity contribution in [3.05, 3.63) is 35.4 Å². The van der Waals surface area contributed by atoms with Gasteiger partial charge in [0, 0.05) is 24.0 Å². The molecular weight excluding hydrogens is 302 g/mol. The van der Waals surface area contributed by atoms with Gasteiger partial charge in [0.05, 0.1) is 0 Å². The van der Waals surface area contributed by atoms with Crippen LogP contribution in [-0.2, 0) is 5.33 Å². The molecule has 0 atom stereocenters. The molecule has 19 heavy (non-hydrogen) atoms. The molecule has 1 amide bonds. The van der Waals surface area contributed by atoms with Crippen molar-refractivity contribution in [1.82, 2.24) is 4.90 Å². The van der Waals surface area contributed by atoms with Crippen LogP contribution in [0.5, 0.6) is 0 Å². The average molecular weight is 326 g/mol. The first-order valence-corrected chi connectivity index (χ1v) is 8.00. The fourth-order valence-electron chi connectivity index (χ4n) is 2.04. The van der Waals surface area contributed by atoms with Crippen LogP contribution in [0.2, 0.25) is 0 Å². The van der Waals surface area contributed by atoms with Crippen LogP contribution in [0.15, 0.2) is 24.3 Å². The Morgan fingerprint density at radius 3 is 1.89 bits per heavy atom.